The molecule has 3 heteroatoms. The number of benzene rings is 2. The first-order valence-electron chi connectivity index (χ1n) is 4.89. The number of methoxy groups -OCH3 is 1. The highest BCUT2D eigenvalue weighted by Crippen LogP contribution is 2.24. The summed E-state index contributed by atoms with van der Waals surface area (Å²) in [5.41, 5.74) is 7.68. The summed E-state index contributed by atoms with van der Waals surface area (Å²) in [5.74, 6) is 0.443. The van der Waals surface area contributed by atoms with E-state index in [1.165, 1.54) is 12.1 Å². The normalized spacial score (nSPS) is 10.1. The van der Waals surface area contributed by atoms with Crippen LogP contribution in [-0.2, 0) is 0 Å². The zero-order valence-electron chi connectivity index (χ0n) is 8.91. The predicted octanol–water partition coefficient (Wildman–Crippen LogP) is 3.08. The maximum absolute atomic E-state index is 13.2. The zero-order chi connectivity index (χ0) is 11.5. The molecule has 16 heavy (non-hydrogen) atoms. The predicted molar refractivity (Wildman–Crippen MR) is 62.8 cm³/mol. The first kappa shape index (κ1) is 10.5. The molecular formula is C13H12FNO. The van der Waals surface area contributed by atoms with Crippen molar-refractivity contribution in [1.82, 2.24) is 0 Å². The van der Waals surface area contributed by atoms with Crippen LogP contribution in [0, 0.1) is 5.82 Å². The molecule has 0 aliphatic rings. The first-order valence-corrected chi connectivity index (χ1v) is 4.89. The highest BCUT2D eigenvalue weighted by Gasteiger charge is 2.01. The van der Waals surface area contributed by atoms with E-state index in [4.69, 9.17) is 10.5 Å². The van der Waals surface area contributed by atoms with Crippen LogP contribution in [0.2, 0.25) is 0 Å². The summed E-state index contributed by atoms with van der Waals surface area (Å²) in [6, 6.07) is 11.9. The van der Waals surface area contributed by atoms with E-state index in [1.54, 1.807) is 13.2 Å². The second-order valence-corrected chi connectivity index (χ2v) is 3.50. The van der Waals surface area contributed by atoms with Gasteiger partial charge in [0.15, 0.2) is 0 Å². The summed E-state index contributed by atoms with van der Waals surface area (Å²) in [6.45, 7) is 0. The van der Waals surface area contributed by atoms with Crippen molar-refractivity contribution in [2.24, 2.45) is 0 Å². The molecule has 2 N–H and O–H groups in total. The van der Waals surface area contributed by atoms with E-state index in [9.17, 15) is 4.39 Å². The van der Waals surface area contributed by atoms with Crippen LogP contribution in [0.25, 0.3) is 11.1 Å². The lowest BCUT2D eigenvalue weighted by Gasteiger charge is -2.05. The highest BCUT2D eigenvalue weighted by molar-refractivity contribution is 5.68. The van der Waals surface area contributed by atoms with Crippen molar-refractivity contribution < 1.29 is 9.13 Å². The number of ether oxygens (including phenoxy) is 1. The average molecular weight is 217 g/mol. The van der Waals surface area contributed by atoms with Gasteiger partial charge in [0.25, 0.3) is 0 Å². The van der Waals surface area contributed by atoms with Crippen molar-refractivity contribution in [1.29, 1.82) is 0 Å². The van der Waals surface area contributed by atoms with E-state index >= 15 is 0 Å². The maximum Gasteiger partial charge on any atom is 0.125 e. The SMILES string of the molecule is COc1ccc(-c2cc(N)cc(F)c2)cc1. The smallest absolute Gasteiger partial charge is 0.125 e. The number of anilines is 1. The minimum atomic E-state index is -0.328. The van der Waals surface area contributed by atoms with Crippen LogP contribution < -0.4 is 10.5 Å². The lowest BCUT2D eigenvalue weighted by atomic mass is 10.0. The third kappa shape index (κ3) is 2.14. The van der Waals surface area contributed by atoms with Gasteiger partial charge in [-0.25, -0.2) is 4.39 Å². The van der Waals surface area contributed by atoms with Crippen LogP contribution in [0.4, 0.5) is 10.1 Å². The molecule has 0 unspecified atom stereocenters. The van der Waals surface area contributed by atoms with Gasteiger partial charge in [0.05, 0.1) is 7.11 Å². The molecule has 0 amide bonds. The molecule has 0 spiro atoms. The van der Waals surface area contributed by atoms with Gasteiger partial charge in [-0.15, -0.1) is 0 Å². The third-order valence-electron chi connectivity index (χ3n) is 2.34. The molecule has 0 saturated heterocycles. The van der Waals surface area contributed by atoms with Gasteiger partial charge in [-0.2, -0.15) is 0 Å². The fourth-order valence-corrected chi connectivity index (χ4v) is 1.56. The van der Waals surface area contributed by atoms with E-state index in [-0.39, 0.29) is 5.82 Å². The quantitative estimate of drug-likeness (QED) is 0.784. The van der Waals surface area contributed by atoms with Crippen molar-refractivity contribution in [2.75, 3.05) is 12.8 Å². The van der Waals surface area contributed by atoms with E-state index in [2.05, 4.69) is 0 Å². The van der Waals surface area contributed by atoms with E-state index < -0.39 is 0 Å². The summed E-state index contributed by atoms with van der Waals surface area (Å²) < 4.78 is 18.2. The Morgan fingerprint density at radius 3 is 2.25 bits per heavy atom. The lowest BCUT2D eigenvalue weighted by molar-refractivity contribution is 0.415. The number of hydrogen-bond acceptors (Lipinski definition) is 2. The Hall–Kier alpha value is -2.03. The first-order chi connectivity index (χ1) is 7.69. The highest BCUT2D eigenvalue weighted by atomic mass is 19.1. The molecule has 0 bridgehead atoms. The number of nitrogens with two attached hydrogens (primary N) is 1. The van der Waals surface area contributed by atoms with Crippen molar-refractivity contribution in [3.63, 3.8) is 0 Å². The standard InChI is InChI=1S/C13H12FNO/c1-16-13-4-2-9(3-5-13)10-6-11(14)8-12(15)7-10/h2-8H,15H2,1H3. The molecule has 0 aromatic heterocycles. The van der Waals surface area contributed by atoms with Gasteiger partial charge in [0.1, 0.15) is 11.6 Å². The summed E-state index contributed by atoms with van der Waals surface area (Å²) in [7, 11) is 1.61. The fourth-order valence-electron chi connectivity index (χ4n) is 1.56. The zero-order valence-corrected chi connectivity index (χ0v) is 8.91. The van der Waals surface area contributed by atoms with Crippen molar-refractivity contribution >= 4 is 5.69 Å². The molecule has 2 aromatic carbocycles. The van der Waals surface area contributed by atoms with Gasteiger partial charge in [-0.05, 0) is 41.5 Å². The molecule has 2 aromatic rings. The molecule has 0 saturated carbocycles. The average Bonchev–Trinajstić information content (AvgIpc) is 2.28. The van der Waals surface area contributed by atoms with Gasteiger partial charge in [-0.3, -0.25) is 0 Å². The molecule has 0 heterocycles. The Morgan fingerprint density at radius 1 is 1.00 bits per heavy atom. The molecule has 2 rings (SSSR count). The molecule has 0 atom stereocenters. The number of halogens is 1. The van der Waals surface area contributed by atoms with Crippen LogP contribution in [0.1, 0.15) is 0 Å². The number of rotatable bonds is 2. The van der Waals surface area contributed by atoms with Crippen molar-refractivity contribution in [2.45, 2.75) is 0 Å². The Balaban J connectivity index is 2.42. The monoisotopic (exact) mass is 217 g/mol. The lowest BCUT2D eigenvalue weighted by Crippen LogP contribution is -1.88. The molecule has 2 nitrogen and oxygen atoms in total. The van der Waals surface area contributed by atoms with Crippen molar-refractivity contribution in [3.8, 4) is 16.9 Å². The Kier molecular flexibility index (Phi) is 2.77. The topological polar surface area (TPSA) is 35.2 Å². The van der Waals surface area contributed by atoms with Gasteiger partial charge >= 0.3 is 0 Å². The van der Waals surface area contributed by atoms with Gasteiger partial charge in [-0.1, -0.05) is 12.1 Å². The Morgan fingerprint density at radius 2 is 1.69 bits per heavy atom. The van der Waals surface area contributed by atoms with E-state index in [0.717, 1.165) is 16.9 Å². The van der Waals surface area contributed by atoms with Crippen LogP contribution in [0.5, 0.6) is 5.75 Å². The second kappa shape index (κ2) is 4.23. The fraction of sp³-hybridized carbons (Fsp3) is 0.0769. The molecule has 0 fully saturated rings. The minimum absolute atomic E-state index is 0.328. The Bertz CT molecular complexity index is 474. The van der Waals surface area contributed by atoms with Gasteiger partial charge in [0, 0.05) is 5.69 Å². The Labute approximate surface area is 93.5 Å². The third-order valence-corrected chi connectivity index (χ3v) is 2.34. The van der Waals surface area contributed by atoms with Crippen LogP contribution >= 0.6 is 0 Å². The van der Waals surface area contributed by atoms with Crippen molar-refractivity contribution in [3.05, 3.63) is 48.3 Å². The second-order valence-electron chi connectivity index (χ2n) is 3.50. The maximum atomic E-state index is 13.2. The largest absolute Gasteiger partial charge is 0.497 e. The van der Waals surface area contributed by atoms with Gasteiger partial charge in [0.2, 0.25) is 0 Å². The van der Waals surface area contributed by atoms with Crippen LogP contribution in [0.3, 0.4) is 0 Å². The molecule has 0 aliphatic carbocycles. The summed E-state index contributed by atoms with van der Waals surface area (Å²) in [5, 5.41) is 0. The van der Waals surface area contributed by atoms with Crippen LogP contribution in [0.15, 0.2) is 42.5 Å². The van der Waals surface area contributed by atoms with Gasteiger partial charge < -0.3 is 10.5 Å². The summed E-state index contributed by atoms with van der Waals surface area (Å²) in [4.78, 5) is 0. The van der Waals surface area contributed by atoms with E-state index in [1.807, 2.05) is 24.3 Å². The molecule has 0 aliphatic heterocycles. The number of hydrogen-bond donors (Lipinski definition) is 1. The van der Waals surface area contributed by atoms with E-state index in [0.29, 0.717) is 5.69 Å². The molecule has 82 valence electrons. The molecule has 0 radical (unpaired) electrons. The summed E-state index contributed by atoms with van der Waals surface area (Å²) in [6.07, 6.45) is 0. The summed E-state index contributed by atoms with van der Waals surface area (Å²) >= 11 is 0. The number of nitrogen functional groups attached to an aromatic ring is 1. The molecular weight excluding hydrogens is 205 g/mol. The minimum Gasteiger partial charge on any atom is -0.497 e. The van der Waals surface area contributed by atoms with Crippen LogP contribution in [-0.4, -0.2) is 7.11 Å².